The van der Waals surface area contributed by atoms with Crippen molar-refractivity contribution in [3.05, 3.63) is 92.9 Å². The van der Waals surface area contributed by atoms with E-state index in [4.69, 9.17) is 21.1 Å². The van der Waals surface area contributed by atoms with Gasteiger partial charge >= 0.3 is 0 Å². The SMILES string of the molecule is CCOc1cc(/C=N/NC(=O)c2ccc(Br)cc2)ccc1OCc1ccc(Cl)cc1. The van der Waals surface area contributed by atoms with Crippen LogP contribution in [0.4, 0.5) is 0 Å². The highest BCUT2D eigenvalue weighted by Gasteiger charge is 2.07. The van der Waals surface area contributed by atoms with Crippen LogP contribution in [0.25, 0.3) is 0 Å². The van der Waals surface area contributed by atoms with Gasteiger partial charge in [-0.3, -0.25) is 4.79 Å². The van der Waals surface area contributed by atoms with Crippen molar-refractivity contribution in [3.8, 4) is 11.5 Å². The third-order valence-electron chi connectivity index (χ3n) is 4.06. The van der Waals surface area contributed by atoms with E-state index in [1.165, 1.54) is 0 Å². The molecule has 1 N–H and O–H groups in total. The van der Waals surface area contributed by atoms with E-state index < -0.39 is 0 Å². The van der Waals surface area contributed by atoms with Crippen molar-refractivity contribution in [1.29, 1.82) is 0 Å². The van der Waals surface area contributed by atoms with Crippen LogP contribution in [0, 0.1) is 0 Å². The van der Waals surface area contributed by atoms with Gasteiger partial charge in [-0.2, -0.15) is 5.10 Å². The van der Waals surface area contributed by atoms with Crippen LogP contribution in [0.3, 0.4) is 0 Å². The van der Waals surface area contributed by atoms with Crippen molar-refractivity contribution < 1.29 is 14.3 Å². The largest absolute Gasteiger partial charge is 0.490 e. The number of carbonyl (C=O) groups excluding carboxylic acids is 1. The van der Waals surface area contributed by atoms with Gasteiger partial charge in [-0.05, 0) is 72.6 Å². The summed E-state index contributed by atoms with van der Waals surface area (Å²) in [6.07, 6.45) is 1.56. The summed E-state index contributed by atoms with van der Waals surface area (Å²) in [7, 11) is 0. The maximum absolute atomic E-state index is 12.1. The number of nitrogens with one attached hydrogen (secondary N) is 1. The molecule has 0 saturated carbocycles. The summed E-state index contributed by atoms with van der Waals surface area (Å²) in [5, 5.41) is 4.71. The Morgan fingerprint density at radius 3 is 2.47 bits per heavy atom. The van der Waals surface area contributed by atoms with Gasteiger partial charge in [-0.1, -0.05) is 39.7 Å². The van der Waals surface area contributed by atoms with Crippen molar-refractivity contribution in [3.63, 3.8) is 0 Å². The number of rotatable bonds is 8. The Bertz CT molecular complexity index is 1020. The molecule has 3 aromatic carbocycles. The summed E-state index contributed by atoms with van der Waals surface area (Å²) >= 11 is 9.26. The molecule has 7 heteroatoms. The van der Waals surface area contributed by atoms with Crippen LogP contribution in [0.5, 0.6) is 11.5 Å². The summed E-state index contributed by atoms with van der Waals surface area (Å²) in [4.78, 5) is 12.1. The van der Waals surface area contributed by atoms with Gasteiger partial charge in [-0.25, -0.2) is 5.43 Å². The van der Waals surface area contributed by atoms with E-state index in [1.54, 1.807) is 30.5 Å². The van der Waals surface area contributed by atoms with E-state index in [9.17, 15) is 4.79 Å². The molecule has 0 radical (unpaired) electrons. The van der Waals surface area contributed by atoms with Crippen molar-refractivity contribution >= 4 is 39.7 Å². The second-order valence-electron chi connectivity index (χ2n) is 6.26. The number of benzene rings is 3. The lowest BCUT2D eigenvalue weighted by molar-refractivity contribution is 0.0955. The third-order valence-corrected chi connectivity index (χ3v) is 4.84. The van der Waals surface area contributed by atoms with Crippen LogP contribution < -0.4 is 14.9 Å². The molecule has 0 unspecified atom stereocenters. The average molecular weight is 488 g/mol. The lowest BCUT2D eigenvalue weighted by atomic mass is 10.2. The summed E-state index contributed by atoms with van der Waals surface area (Å²) < 4.78 is 12.5. The lowest BCUT2D eigenvalue weighted by Crippen LogP contribution is -2.17. The van der Waals surface area contributed by atoms with Gasteiger partial charge < -0.3 is 9.47 Å². The Hall–Kier alpha value is -2.83. The third kappa shape index (κ3) is 6.34. The van der Waals surface area contributed by atoms with E-state index in [1.807, 2.05) is 49.4 Å². The summed E-state index contributed by atoms with van der Waals surface area (Å²) in [5.74, 6) is 0.948. The average Bonchev–Trinajstić information content (AvgIpc) is 2.75. The van der Waals surface area contributed by atoms with Gasteiger partial charge in [0, 0.05) is 15.1 Å². The molecule has 1 amide bonds. The Labute approximate surface area is 188 Å². The van der Waals surface area contributed by atoms with Crippen molar-refractivity contribution in [2.75, 3.05) is 6.61 Å². The zero-order valence-electron chi connectivity index (χ0n) is 16.3. The fourth-order valence-electron chi connectivity index (χ4n) is 2.57. The second-order valence-corrected chi connectivity index (χ2v) is 7.61. The predicted molar refractivity (Wildman–Crippen MR) is 123 cm³/mol. The minimum absolute atomic E-state index is 0.285. The van der Waals surface area contributed by atoms with E-state index in [0.29, 0.717) is 35.3 Å². The van der Waals surface area contributed by atoms with Gasteiger partial charge in [0.15, 0.2) is 11.5 Å². The molecule has 3 rings (SSSR count). The highest BCUT2D eigenvalue weighted by molar-refractivity contribution is 9.10. The van der Waals surface area contributed by atoms with Crippen LogP contribution in [-0.4, -0.2) is 18.7 Å². The van der Waals surface area contributed by atoms with Gasteiger partial charge in [-0.15, -0.1) is 0 Å². The highest BCUT2D eigenvalue weighted by Crippen LogP contribution is 2.29. The number of hydrogen-bond acceptors (Lipinski definition) is 4. The minimum atomic E-state index is -0.285. The first-order chi connectivity index (χ1) is 14.5. The van der Waals surface area contributed by atoms with E-state index in [0.717, 1.165) is 15.6 Å². The molecule has 0 saturated heterocycles. The first kappa shape index (κ1) is 21.9. The maximum atomic E-state index is 12.1. The Balaban J connectivity index is 1.64. The predicted octanol–water partition coefficient (Wildman–Crippen LogP) is 5.84. The normalized spacial score (nSPS) is 10.8. The van der Waals surface area contributed by atoms with Crippen LogP contribution in [0.2, 0.25) is 5.02 Å². The first-order valence-electron chi connectivity index (χ1n) is 9.28. The molecule has 0 spiro atoms. The van der Waals surface area contributed by atoms with Gasteiger partial charge in [0.05, 0.1) is 12.8 Å². The fourth-order valence-corrected chi connectivity index (χ4v) is 2.96. The summed E-state index contributed by atoms with van der Waals surface area (Å²) in [5.41, 5.74) is 4.82. The smallest absolute Gasteiger partial charge is 0.271 e. The number of halogens is 2. The number of nitrogens with zero attached hydrogens (tertiary/aromatic N) is 1. The summed E-state index contributed by atoms with van der Waals surface area (Å²) in [6.45, 7) is 2.80. The quantitative estimate of drug-likeness (QED) is 0.320. The Morgan fingerprint density at radius 2 is 1.77 bits per heavy atom. The van der Waals surface area contributed by atoms with E-state index >= 15 is 0 Å². The molecule has 154 valence electrons. The van der Waals surface area contributed by atoms with Crippen molar-refractivity contribution in [1.82, 2.24) is 5.43 Å². The van der Waals surface area contributed by atoms with Gasteiger partial charge in [0.2, 0.25) is 0 Å². The molecule has 0 aliphatic carbocycles. The number of carbonyl (C=O) groups is 1. The molecular formula is C23H20BrClN2O3. The van der Waals surface area contributed by atoms with Gasteiger partial charge in [0.25, 0.3) is 5.91 Å². The monoisotopic (exact) mass is 486 g/mol. The topological polar surface area (TPSA) is 59.9 Å². The van der Waals surface area contributed by atoms with Gasteiger partial charge in [0.1, 0.15) is 6.61 Å². The number of hydrogen-bond donors (Lipinski definition) is 1. The molecule has 0 aliphatic heterocycles. The molecule has 0 bridgehead atoms. The van der Waals surface area contributed by atoms with Crippen molar-refractivity contribution in [2.45, 2.75) is 13.5 Å². The van der Waals surface area contributed by atoms with Crippen LogP contribution in [-0.2, 0) is 6.61 Å². The standard InChI is InChI=1S/C23H20BrClN2O3/c1-2-29-22-13-17(14-26-27-23(28)18-6-8-19(24)9-7-18)5-12-21(22)30-15-16-3-10-20(25)11-4-16/h3-14H,2,15H2,1H3,(H,27,28)/b26-14+. The molecule has 3 aromatic rings. The molecule has 0 aliphatic rings. The Kier molecular flexibility index (Phi) is 7.88. The molecular weight excluding hydrogens is 468 g/mol. The second kappa shape index (κ2) is 10.8. The maximum Gasteiger partial charge on any atom is 0.271 e. The number of hydrazone groups is 1. The number of ether oxygens (including phenoxy) is 2. The molecule has 30 heavy (non-hydrogen) atoms. The zero-order chi connectivity index (χ0) is 21.3. The number of amides is 1. The molecule has 0 fully saturated rings. The molecule has 0 aromatic heterocycles. The van der Waals surface area contributed by atoms with Crippen LogP contribution in [0.15, 0.2) is 76.3 Å². The first-order valence-corrected chi connectivity index (χ1v) is 10.5. The van der Waals surface area contributed by atoms with E-state index in [-0.39, 0.29) is 5.91 Å². The summed E-state index contributed by atoms with van der Waals surface area (Å²) in [6, 6.07) is 20.0. The van der Waals surface area contributed by atoms with Crippen LogP contribution >= 0.6 is 27.5 Å². The fraction of sp³-hybridized carbons (Fsp3) is 0.130. The molecule has 5 nitrogen and oxygen atoms in total. The molecule has 0 heterocycles. The Morgan fingerprint density at radius 1 is 1.03 bits per heavy atom. The van der Waals surface area contributed by atoms with E-state index in [2.05, 4.69) is 26.5 Å². The van der Waals surface area contributed by atoms with Crippen LogP contribution in [0.1, 0.15) is 28.4 Å². The van der Waals surface area contributed by atoms with Crippen molar-refractivity contribution in [2.24, 2.45) is 5.10 Å². The molecule has 0 atom stereocenters. The lowest BCUT2D eigenvalue weighted by Gasteiger charge is -2.12. The zero-order valence-corrected chi connectivity index (χ0v) is 18.6. The highest BCUT2D eigenvalue weighted by atomic mass is 79.9. The minimum Gasteiger partial charge on any atom is -0.490 e.